The summed E-state index contributed by atoms with van der Waals surface area (Å²) in [6.45, 7) is 7.80. The van der Waals surface area contributed by atoms with Gasteiger partial charge < -0.3 is 19.9 Å². The summed E-state index contributed by atoms with van der Waals surface area (Å²) in [6, 6.07) is 9.17. The molecule has 2 rings (SSSR count). The first-order chi connectivity index (χ1) is 12.1. The van der Waals surface area contributed by atoms with Gasteiger partial charge in [0.1, 0.15) is 6.61 Å². The Balaban J connectivity index is 1.97. The quantitative estimate of drug-likeness (QED) is 0.723. The van der Waals surface area contributed by atoms with Crippen molar-refractivity contribution in [2.45, 2.75) is 32.4 Å². The number of amides is 2. The summed E-state index contributed by atoms with van der Waals surface area (Å²) in [5.41, 5.74) is 0.904. The number of nitrogens with zero attached hydrogens (tertiary/aromatic N) is 2. The van der Waals surface area contributed by atoms with Gasteiger partial charge in [-0.2, -0.15) is 0 Å². The van der Waals surface area contributed by atoms with E-state index in [4.69, 9.17) is 4.74 Å². The molecule has 1 aliphatic heterocycles. The molecule has 25 heavy (non-hydrogen) atoms. The Labute approximate surface area is 150 Å². The molecule has 2 amide bonds. The second-order valence-corrected chi connectivity index (χ2v) is 6.26. The van der Waals surface area contributed by atoms with Crippen molar-refractivity contribution >= 4 is 11.8 Å². The van der Waals surface area contributed by atoms with Crippen LogP contribution >= 0.6 is 0 Å². The Kier molecular flexibility index (Phi) is 7.40. The van der Waals surface area contributed by atoms with Crippen molar-refractivity contribution in [1.82, 2.24) is 15.1 Å². The van der Waals surface area contributed by atoms with Crippen molar-refractivity contribution < 1.29 is 14.3 Å². The lowest BCUT2D eigenvalue weighted by Crippen LogP contribution is -2.53. The van der Waals surface area contributed by atoms with Crippen molar-refractivity contribution in [3.8, 4) is 0 Å². The molecule has 1 aromatic rings. The molecule has 6 heteroatoms. The van der Waals surface area contributed by atoms with Gasteiger partial charge in [-0.1, -0.05) is 44.2 Å². The Hall–Kier alpha value is -1.92. The summed E-state index contributed by atoms with van der Waals surface area (Å²) >= 11 is 0. The lowest BCUT2D eigenvalue weighted by atomic mass is 9.97. The zero-order valence-corrected chi connectivity index (χ0v) is 15.4. The molecular formula is C19H29N3O3. The van der Waals surface area contributed by atoms with Crippen LogP contribution in [-0.4, -0.2) is 67.6 Å². The minimum absolute atomic E-state index is 0.0582. The van der Waals surface area contributed by atoms with Gasteiger partial charge in [-0.15, -0.1) is 0 Å². The van der Waals surface area contributed by atoms with Crippen LogP contribution in [0.4, 0.5) is 0 Å². The van der Waals surface area contributed by atoms with E-state index in [1.807, 2.05) is 30.3 Å². The molecule has 138 valence electrons. The van der Waals surface area contributed by atoms with Crippen LogP contribution in [0.25, 0.3) is 0 Å². The number of carbonyl (C=O) groups excluding carboxylic acids is 2. The minimum Gasteiger partial charge on any atom is -0.356 e. The first-order valence-electron chi connectivity index (χ1n) is 9.00. The van der Waals surface area contributed by atoms with Crippen LogP contribution in [0.2, 0.25) is 0 Å². The Morgan fingerprint density at radius 1 is 1.28 bits per heavy atom. The highest BCUT2D eigenvalue weighted by molar-refractivity contribution is 5.86. The van der Waals surface area contributed by atoms with Gasteiger partial charge in [0.15, 0.2) is 6.10 Å². The first-order valence-corrected chi connectivity index (χ1v) is 9.00. The Morgan fingerprint density at radius 2 is 1.96 bits per heavy atom. The number of likely N-dealkylation sites (N-methyl/N-ethyl adjacent to an activating group) is 1. The third-order valence-corrected chi connectivity index (χ3v) is 4.73. The van der Waals surface area contributed by atoms with E-state index in [1.54, 1.807) is 11.9 Å². The molecular weight excluding hydrogens is 318 g/mol. The van der Waals surface area contributed by atoms with Gasteiger partial charge >= 0.3 is 0 Å². The van der Waals surface area contributed by atoms with Gasteiger partial charge in [0, 0.05) is 13.6 Å². The second-order valence-electron chi connectivity index (χ2n) is 6.26. The summed E-state index contributed by atoms with van der Waals surface area (Å²) in [7, 11) is 1.73. The fourth-order valence-electron chi connectivity index (χ4n) is 3.13. The molecule has 0 aromatic heterocycles. The molecule has 0 radical (unpaired) electrons. The lowest BCUT2D eigenvalue weighted by Gasteiger charge is -2.38. The molecule has 1 saturated heterocycles. The second kappa shape index (κ2) is 9.53. The Bertz CT molecular complexity index is 560. The summed E-state index contributed by atoms with van der Waals surface area (Å²) in [6.07, 6.45) is 0.212. The van der Waals surface area contributed by atoms with Crippen LogP contribution in [0.5, 0.6) is 0 Å². The molecule has 0 saturated carbocycles. The monoisotopic (exact) mass is 347 g/mol. The highest BCUT2D eigenvalue weighted by Gasteiger charge is 2.39. The highest BCUT2D eigenvalue weighted by atomic mass is 16.5. The van der Waals surface area contributed by atoms with Crippen molar-refractivity contribution in [1.29, 1.82) is 0 Å². The number of carbonyl (C=O) groups is 2. The van der Waals surface area contributed by atoms with Gasteiger partial charge in [0.25, 0.3) is 5.91 Å². The van der Waals surface area contributed by atoms with E-state index in [0.29, 0.717) is 6.54 Å². The summed E-state index contributed by atoms with van der Waals surface area (Å²) in [4.78, 5) is 28.6. The van der Waals surface area contributed by atoms with Gasteiger partial charge in [-0.25, -0.2) is 0 Å². The average molecular weight is 347 g/mol. The van der Waals surface area contributed by atoms with E-state index < -0.39 is 12.1 Å². The van der Waals surface area contributed by atoms with Crippen LogP contribution in [0.1, 0.15) is 31.9 Å². The largest absolute Gasteiger partial charge is 0.356 e. The zero-order valence-electron chi connectivity index (χ0n) is 15.4. The number of ether oxygens (including phenoxy) is 1. The summed E-state index contributed by atoms with van der Waals surface area (Å²) < 4.78 is 5.60. The van der Waals surface area contributed by atoms with Crippen LogP contribution < -0.4 is 5.32 Å². The molecule has 1 heterocycles. The van der Waals surface area contributed by atoms with Crippen LogP contribution in [0.15, 0.2) is 30.3 Å². The van der Waals surface area contributed by atoms with E-state index in [9.17, 15) is 9.59 Å². The molecule has 1 aromatic carbocycles. The average Bonchev–Trinajstić information content (AvgIpc) is 2.64. The van der Waals surface area contributed by atoms with Crippen molar-refractivity contribution in [2.75, 3.05) is 39.8 Å². The van der Waals surface area contributed by atoms with Crippen LogP contribution in [0, 0.1) is 0 Å². The maximum Gasteiger partial charge on any atom is 0.251 e. The van der Waals surface area contributed by atoms with E-state index in [0.717, 1.165) is 31.6 Å². The number of hydrogen-bond acceptors (Lipinski definition) is 4. The van der Waals surface area contributed by atoms with Gasteiger partial charge in [0.2, 0.25) is 5.91 Å². The predicted molar refractivity (Wildman–Crippen MR) is 97.1 cm³/mol. The van der Waals surface area contributed by atoms with Gasteiger partial charge in [-0.3, -0.25) is 9.59 Å². The third kappa shape index (κ3) is 5.03. The number of hydrogen-bond donors (Lipinski definition) is 1. The number of morpholine rings is 1. The molecule has 1 fully saturated rings. The van der Waals surface area contributed by atoms with E-state index in [-0.39, 0.29) is 18.4 Å². The molecule has 1 aliphatic rings. The fourth-order valence-corrected chi connectivity index (χ4v) is 3.13. The Morgan fingerprint density at radius 3 is 2.60 bits per heavy atom. The smallest absolute Gasteiger partial charge is 0.251 e. The molecule has 2 atom stereocenters. The minimum atomic E-state index is -0.682. The highest BCUT2D eigenvalue weighted by Crippen LogP contribution is 2.28. The molecule has 6 nitrogen and oxygen atoms in total. The number of nitrogens with one attached hydrogen (secondary N) is 1. The fraction of sp³-hybridized carbons (Fsp3) is 0.579. The molecule has 1 N–H and O–H groups in total. The van der Waals surface area contributed by atoms with Crippen molar-refractivity contribution in [3.05, 3.63) is 35.9 Å². The van der Waals surface area contributed by atoms with Crippen LogP contribution in [-0.2, 0) is 14.3 Å². The molecule has 0 bridgehead atoms. The van der Waals surface area contributed by atoms with E-state index in [1.165, 1.54) is 0 Å². The maximum absolute atomic E-state index is 12.6. The van der Waals surface area contributed by atoms with Gasteiger partial charge in [0.05, 0.1) is 6.04 Å². The third-order valence-electron chi connectivity index (χ3n) is 4.73. The first kappa shape index (κ1) is 19.4. The van der Waals surface area contributed by atoms with Crippen LogP contribution in [0.3, 0.4) is 0 Å². The standard InChI is InChI=1S/C19H29N3O3/c1-4-22(5-2)13-9-12-20-19(24)18-17(15-10-7-6-8-11-15)21(3)16(23)14-25-18/h6-8,10-11,17-18H,4-5,9,12-14H2,1-3H3,(H,20,24)/t17-,18-/m1/s1. The van der Waals surface area contributed by atoms with Crippen molar-refractivity contribution in [2.24, 2.45) is 0 Å². The van der Waals surface area contributed by atoms with Crippen molar-refractivity contribution in [3.63, 3.8) is 0 Å². The number of rotatable bonds is 8. The maximum atomic E-state index is 12.6. The molecule has 0 aliphatic carbocycles. The summed E-state index contributed by atoms with van der Waals surface area (Å²) in [5, 5.41) is 2.96. The SMILES string of the molecule is CCN(CC)CCCNC(=O)[C@@H]1OCC(=O)N(C)[C@@H]1c1ccccc1. The van der Waals surface area contributed by atoms with E-state index >= 15 is 0 Å². The normalized spacial score (nSPS) is 20.8. The lowest BCUT2D eigenvalue weighted by molar-refractivity contribution is -0.162. The van der Waals surface area contributed by atoms with E-state index in [2.05, 4.69) is 24.1 Å². The molecule has 0 spiro atoms. The molecule has 0 unspecified atom stereocenters. The topological polar surface area (TPSA) is 61.9 Å². The van der Waals surface area contributed by atoms with Gasteiger partial charge in [-0.05, 0) is 31.6 Å². The predicted octanol–water partition coefficient (Wildman–Crippen LogP) is 1.43. The zero-order chi connectivity index (χ0) is 18.2. The summed E-state index contributed by atoms with van der Waals surface area (Å²) in [5.74, 6) is -0.271. The number of benzene rings is 1.